The van der Waals surface area contributed by atoms with Crippen molar-refractivity contribution in [2.45, 2.75) is 25.8 Å². The number of H-pyrrole nitrogens is 1. The van der Waals surface area contributed by atoms with Crippen LogP contribution < -0.4 is 16.2 Å². The predicted octanol–water partition coefficient (Wildman–Crippen LogP) is 0.00582. The number of nitrogens with zero attached hydrogens (tertiary/aromatic N) is 2. The Hall–Kier alpha value is -1.36. The molecule has 1 aliphatic heterocycles. The summed E-state index contributed by atoms with van der Waals surface area (Å²) in [5, 5.41) is 0. The Morgan fingerprint density at radius 3 is 2.80 bits per heavy atom. The van der Waals surface area contributed by atoms with E-state index in [2.05, 4.69) is 14.9 Å². The molecule has 3 N–H and O–H groups in total. The van der Waals surface area contributed by atoms with E-state index < -0.39 is 0 Å². The summed E-state index contributed by atoms with van der Waals surface area (Å²) in [6, 6.07) is 1.79. The normalized spacial score (nSPS) is 18.1. The van der Waals surface area contributed by atoms with E-state index in [0.717, 1.165) is 31.6 Å². The van der Waals surface area contributed by atoms with Gasteiger partial charge in [0.05, 0.1) is 0 Å². The molecule has 0 bridgehead atoms. The topological polar surface area (TPSA) is 75.0 Å². The third-order valence-corrected chi connectivity index (χ3v) is 2.70. The van der Waals surface area contributed by atoms with Gasteiger partial charge in [0, 0.05) is 30.9 Å². The van der Waals surface area contributed by atoms with Crippen LogP contribution in [0, 0.1) is 6.92 Å². The molecule has 0 unspecified atom stereocenters. The average molecular weight is 208 g/mol. The molecule has 0 radical (unpaired) electrons. The lowest BCUT2D eigenvalue weighted by Crippen LogP contribution is -2.41. The summed E-state index contributed by atoms with van der Waals surface area (Å²) in [6.07, 6.45) is 1.91. The van der Waals surface area contributed by atoms with E-state index in [1.807, 2.05) is 6.92 Å². The Morgan fingerprint density at radius 2 is 2.20 bits per heavy atom. The zero-order chi connectivity index (χ0) is 10.8. The number of rotatable bonds is 1. The molecule has 5 heteroatoms. The molecule has 0 atom stereocenters. The second-order valence-corrected chi connectivity index (χ2v) is 4.03. The van der Waals surface area contributed by atoms with Crippen LogP contribution in [0.2, 0.25) is 0 Å². The fraction of sp³-hybridized carbons (Fsp3) is 0.600. The molecule has 1 aliphatic rings. The number of aromatic amines is 1. The molecule has 2 rings (SSSR count). The molecule has 15 heavy (non-hydrogen) atoms. The standard InChI is InChI=1S/C10H16N4O/c1-7-6-9(15)13-10(12-7)14-4-2-8(11)3-5-14/h6,8H,2-5,11H2,1H3,(H,12,13,15). The van der Waals surface area contributed by atoms with Gasteiger partial charge in [-0.1, -0.05) is 0 Å². The lowest BCUT2D eigenvalue weighted by Gasteiger charge is -2.30. The van der Waals surface area contributed by atoms with Crippen molar-refractivity contribution in [2.75, 3.05) is 18.0 Å². The van der Waals surface area contributed by atoms with E-state index in [4.69, 9.17) is 5.73 Å². The van der Waals surface area contributed by atoms with Gasteiger partial charge in [0.25, 0.3) is 5.56 Å². The highest BCUT2D eigenvalue weighted by molar-refractivity contribution is 5.30. The minimum absolute atomic E-state index is 0.0904. The minimum Gasteiger partial charge on any atom is -0.342 e. The van der Waals surface area contributed by atoms with Crippen molar-refractivity contribution in [1.29, 1.82) is 0 Å². The van der Waals surface area contributed by atoms with Gasteiger partial charge in [-0.15, -0.1) is 0 Å². The molecule has 1 aromatic rings. The molecular formula is C10H16N4O. The number of nitrogens with one attached hydrogen (secondary N) is 1. The Morgan fingerprint density at radius 1 is 1.53 bits per heavy atom. The summed E-state index contributed by atoms with van der Waals surface area (Å²) in [4.78, 5) is 20.4. The Bertz CT molecular complexity index is 393. The van der Waals surface area contributed by atoms with Crippen molar-refractivity contribution in [2.24, 2.45) is 5.73 Å². The summed E-state index contributed by atoms with van der Waals surface area (Å²) >= 11 is 0. The van der Waals surface area contributed by atoms with Gasteiger partial charge in [0.1, 0.15) is 0 Å². The second-order valence-electron chi connectivity index (χ2n) is 4.03. The van der Waals surface area contributed by atoms with Crippen LogP contribution in [-0.2, 0) is 0 Å². The van der Waals surface area contributed by atoms with E-state index in [1.54, 1.807) is 0 Å². The first-order chi connectivity index (χ1) is 7.15. The lowest BCUT2D eigenvalue weighted by molar-refractivity contribution is 0.495. The number of hydrogen-bond donors (Lipinski definition) is 2. The van der Waals surface area contributed by atoms with Gasteiger partial charge < -0.3 is 10.6 Å². The molecule has 1 fully saturated rings. The molecule has 0 amide bonds. The molecular weight excluding hydrogens is 192 g/mol. The second kappa shape index (κ2) is 4.02. The van der Waals surface area contributed by atoms with Crippen LogP contribution in [0.4, 0.5) is 5.95 Å². The summed E-state index contributed by atoms with van der Waals surface area (Å²) in [5.74, 6) is 0.673. The average Bonchev–Trinajstić information content (AvgIpc) is 2.17. The lowest BCUT2D eigenvalue weighted by atomic mass is 10.1. The van der Waals surface area contributed by atoms with E-state index in [9.17, 15) is 4.79 Å². The first-order valence-corrected chi connectivity index (χ1v) is 5.23. The number of piperidine rings is 1. The van der Waals surface area contributed by atoms with Crippen molar-refractivity contribution < 1.29 is 0 Å². The summed E-state index contributed by atoms with van der Waals surface area (Å²) < 4.78 is 0. The van der Waals surface area contributed by atoms with Crippen LogP contribution in [0.1, 0.15) is 18.5 Å². The maximum Gasteiger partial charge on any atom is 0.252 e. The van der Waals surface area contributed by atoms with Crippen molar-refractivity contribution in [3.8, 4) is 0 Å². The molecule has 1 saturated heterocycles. The number of aryl methyl sites for hydroxylation is 1. The van der Waals surface area contributed by atoms with Gasteiger partial charge in [-0.05, 0) is 19.8 Å². The number of hydrogen-bond acceptors (Lipinski definition) is 4. The van der Waals surface area contributed by atoms with Crippen LogP contribution in [0.25, 0.3) is 0 Å². The largest absolute Gasteiger partial charge is 0.342 e. The maximum absolute atomic E-state index is 11.3. The fourth-order valence-electron chi connectivity index (χ4n) is 1.82. The van der Waals surface area contributed by atoms with Gasteiger partial charge in [-0.3, -0.25) is 9.78 Å². The minimum atomic E-state index is -0.0904. The zero-order valence-corrected chi connectivity index (χ0v) is 8.86. The monoisotopic (exact) mass is 208 g/mol. The van der Waals surface area contributed by atoms with Crippen LogP contribution in [0.3, 0.4) is 0 Å². The van der Waals surface area contributed by atoms with Gasteiger partial charge in [0.15, 0.2) is 0 Å². The molecule has 5 nitrogen and oxygen atoms in total. The van der Waals surface area contributed by atoms with E-state index >= 15 is 0 Å². The zero-order valence-electron chi connectivity index (χ0n) is 8.86. The maximum atomic E-state index is 11.3. The van der Waals surface area contributed by atoms with E-state index in [1.165, 1.54) is 6.07 Å². The third kappa shape index (κ3) is 2.36. The van der Waals surface area contributed by atoms with E-state index in [0.29, 0.717) is 5.95 Å². The van der Waals surface area contributed by atoms with Crippen molar-refractivity contribution in [3.63, 3.8) is 0 Å². The number of aromatic nitrogens is 2. The van der Waals surface area contributed by atoms with Crippen molar-refractivity contribution in [3.05, 3.63) is 22.1 Å². The molecule has 0 spiro atoms. The molecule has 0 aliphatic carbocycles. The Kier molecular flexibility index (Phi) is 2.73. The molecule has 0 aromatic carbocycles. The molecule has 2 heterocycles. The summed E-state index contributed by atoms with van der Waals surface area (Å²) in [5.41, 5.74) is 6.48. The molecule has 1 aromatic heterocycles. The quantitative estimate of drug-likeness (QED) is 0.681. The van der Waals surface area contributed by atoms with Crippen LogP contribution >= 0.6 is 0 Å². The first-order valence-electron chi connectivity index (χ1n) is 5.23. The highest BCUT2D eigenvalue weighted by atomic mass is 16.1. The third-order valence-electron chi connectivity index (χ3n) is 2.70. The summed E-state index contributed by atoms with van der Waals surface area (Å²) in [6.45, 7) is 3.57. The Labute approximate surface area is 88.3 Å². The summed E-state index contributed by atoms with van der Waals surface area (Å²) in [7, 11) is 0. The van der Waals surface area contributed by atoms with Crippen LogP contribution in [0.5, 0.6) is 0 Å². The SMILES string of the molecule is Cc1cc(=O)[nH]c(N2CCC(N)CC2)n1. The van der Waals surface area contributed by atoms with Gasteiger partial charge in [0.2, 0.25) is 5.95 Å². The van der Waals surface area contributed by atoms with E-state index in [-0.39, 0.29) is 11.6 Å². The Balaban J connectivity index is 2.19. The highest BCUT2D eigenvalue weighted by Crippen LogP contribution is 2.13. The highest BCUT2D eigenvalue weighted by Gasteiger charge is 2.17. The van der Waals surface area contributed by atoms with Gasteiger partial charge in [-0.2, -0.15) is 0 Å². The number of nitrogens with two attached hydrogens (primary N) is 1. The number of anilines is 1. The van der Waals surface area contributed by atoms with Crippen LogP contribution in [-0.4, -0.2) is 29.1 Å². The predicted molar refractivity (Wildman–Crippen MR) is 59.0 cm³/mol. The molecule has 82 valence electrons. The first kappa shape index (κ1) is 10.2. The molecule has 0 saturated carbocycles. The van der Waals surface area contributed by atoms with Crippen molar-refractivity contribution in [1.82, 2.24) is 9.97 Å². The fourth-order valence-corrected chi connectivity index (χ4v) is 1.82. The smallest absolute Gasteiger partial charge is 0.252 e. The van der Waals surface area contributed by atoms with Gasteiger partial charge >= 0.3 is 0 Å². The van der Waals surface area contributed by atoms with Crippen molar-refractivity contribution >= 4 is 5.95 Å². The van der Waals surface area contributed by atoms with Crippen LogP contribution in [0.15, 0.2) is 10.9 Å². The van der Waals surface area contributed by atoms with Gasteiger partial charge in [-0.25, -0.2) is 4.98 Å².